The average Bonchev–Trinajstić information content (AvgIpc) is 2.29. The van der Waals surface area contributed by atoms with Gasteiger partial charge in [-0.25, -0.2) is 0 Å². The highest BCUT2D eigenvalue weighted by molar-refractivity contribution is 5.81. The second kappa shape index (κ2) is 5.85. The highest BCUT2D eigenvalue weighted by Crippen LogP contribution is 2.40. The Morgan fingerprint density at radius 3 is 2.29 bits per heavy atom. The van der Waals surface area contributed by atoms with Gasteiger partial charge in [0.2, 0.25) is 5.91 Å². The summed E-state index contributed by atoms with van der Waals surface area (Å²) in [7, 11) is 0. The lowest BCUT2D eigenvalue weighted by Crippen LogP contribution is -2.45. The number of hydrogen-bond donors (Lipinski definition) is 2. The Balaban J connectivity index is 2.38. The van der Waals surface area contributed by atoms with Gasteiger partial charge in [0.15, 0.2) is 0 Å². The summed E-state index contributed by atoms with van der Waals surface area (Å²) in [6, 6.07) is -0.0442. The first-order chi connectivity index (χ1) is 7.86. The molecule has 1 rings (SSSR count). The Labute approximate surface area is 106 Å². The molecule has 1 aliphatic carbocycles. The second-order valence-electron chi connectivity index (χ2n) is 6.19. The van der Waals surface area contributed by atoms with Crippen LogP contribution in [0.5, 0.6) is 0 Å². The molecule has 1 atom stereocenters. The van der Waals surface area contributed by atoms with Crippen molar-refractivity contribution in [2.45, 2.75) is 71.9 Å². The van der Waals surface area contributed by atoms with Crippen LogP contribution >= 0.6 is 0 Å². The maximum atomic E-state index is 11.5. The molecular formula is C14H28N2O. The van der Waals surface area contributed by atoms with E-state index in [0.29, 0.717) is 11.5 Å². The zero-order chi connectivity index (χ0) is 13.1. The molecule has 0 heterocycles. The molecule has 0 bridgehead atoms. The summed E-state index contributed by atoms with van der Waals surface area (Å²) in [5.41, 5.74) is 6.00. The van der Waals surface area contributed by atoms with Crippen molar-refractivity contribution < 1.29 is 4.79 Å². The molecule has 3 nitrogen and oxygen atoms in total. The Kier molecular flexibility index (Phi) is 4.99. The van der Waals surface area contributed by atoms with Gasteiger partial charge in [0, 0.05) is 6.04 Å². The van der Waals surface area contributed by atoms with Crippen molar-refractivity contribution in [2.75, 3.05) is 0 Å². The van der Waals surface area contributed by atoms with Gasteiger partial charge in [0.25, 0.3) is 0 Å². The van der Waals surface area contributed by atoms with Crippen molar-refractivity contribution in [1.29, 1.82) is 0 Å². The predicted molar refractivity (Wildman–Crippen MR) is 71.6 cm³/mol. The summed E-state index contributed by atoms with van der Waals surface area (Å²) >= 11 is 0. The Morgan fingerprint density at radius 1 is 1.35 bits per heavy atom. The van der Waals surface area contributed by atoms with Crippen LogP contribution in [0.15, 0.2) is 0 Å². The van der Waals surface area contributed by atoms with Crippen molar-refractivity contribution in [3.63, 3.8) is 0 Å². The van der Waals surface area contributed by atoms with Gasteiger partial charge in [-0.3, -0.25) is 4.79 Å². The molecule has 3 heteroatoms. The molecule has 1 amide bonds. The van der Waals surface area contributed by atoms with Gasteiger partial charge in [-0.1, -0.05) is 27.2 Å². The third-order valence-electron chi connectivity index (χ3n) is 4.50. The summed E-state index contributed by atoms with van der Waals surface area (Å²) in [4.78, 5) is 11.5. The van der Waals surface area contributed by atoms with Gasteiger partial charge >= 0.3 is 0 Å². The SMILES string of the molecule is CCC(C)(C)C1CCC(NC(=O)C(C)N)CC1. The van der Waals surface area contributed by atoms with Crippen LogP contribution in [0.2, 0.25) is 0 Å². The minimum Gasteiger partial charge on any atom is -0.352 e. The summed E-state index contributed by atoms with van der Waals surface area (Å²) in [6.45, 7) is 8.72. The number of rotatable bonds is 4. The Hall–Kier alpha value is -0.570. The largest absolute Gasteiger partial charge is 0.352 e. The normalized spacial score (nSPS) is 27.6. The van der Waals surface area contributed by atoms with Gasteiger partial charge in [-0.05, 0) is 43.9 Å². The van der Waals surface area contributed by atoms with Crippen molar-refractivity contribution >= 4 is 5.91 Å². The summed E-state index contributed by atoms with van der Waals surface area (Å²) in [5, 5.41) is 3.04. The van der Waals surface area contributed by atoms with E-state index in [0.717, 1.165) is 18.8 Å². The number of carbonyl (C=O) groups is 1. The summed E-state index contributed by atoms with van der Waals surface area (Å²) in [6.07, 6.45) is 5.89. The number of nitrogens with one attached hydrogen (secondary N) is 1. The lowest BCUT2D eigenvalue weighted by Gasteiger charge is -2.39. The van der Waals surface area contributed by atoms with Crippen LogP contribution in [0.4, 0.5) is 0 Å². The van der Waals surface area contributed by atoms with E-state index in [-0.39, 0.29) is 11.9 Å². The maximum Gasteiger partial charge on any atom is 0.236 e. The van der Waals surface area contributed by atoms with Crippen molar-refractivity contribution in [3.8, 4) is 0 Å². The number of hydrogen-bond acceptors (Lipinski definition) is 2. The van der Waals surface area contributed by atoms with E-state index in [9.17, 15) is 4.79 Å². The maximum absolute atomic E-state index is 11.5. The van der Waals surface area contributed by atoms with Gasteiger partial charge < -0.3 is 11.1 Å². The van der Waals surface area contributed by atoms with Crippen molar-refractivity contribution in [3.05, 3.63) is 0 Å². The first kappa shape index (κ1) is 14.5. The molecule has 100 valence electrons. The summed E-state index contributed by atoms with van der Waals surface area (Å²) < 4.78 is 0. The standard InChI is InChI=1S/C14H28N2O/c1-5-14(3,4)11-6-8-12(9-7-11)16-13(17)10(2)15/h10-12H,5-9,15H2,1-4H3,(H,16,17). The van der Waals surface area contributed by atoms with Crippen LogP contribution in [-0.2, 0) is 4.79 Å². The molecule has 0 aliphatic heterocycles. The minimum absolute atomic E-state index is 0.0109. The van der Waals surface area contributed by atoms with Crippen molar-refractivity contribution in [2.24, 2.45) is 17.1 Å². The average molecular weight is 240 g/mol. The molecule has 0 radical (unpaired) electrons. The number of nitrogens with two attached hydrogens (primary N) is 1. The first-order valence-electron chi connectivity index (χ1n) is 6.92. The van der Waals surface area contributed by atoms with E-state index >= 15 is 0 Å². The van der Waals surface area contributed by atoms with Crippen LogP contribution in [0.3, 0.4) is 0 Å². The van der Waals surface area contributed by atoms with E-state index in [4.69, 9.17) is 5.73 Å². The molecule has 3 N–H and O–H groups in total. The Morgan fingerprint density at radius 2 is 1.88 bits per heavy atom. The highest BCUT2D eigenvalue weighted by atomic mass is 16.2. The fourth-order valence-electron chi connectivity index (χ4n) is 2.64. The molecule has 1 unspecified atom stereocenters. The second-order valence-corrected chi connectivity index (χ2v) is 6.19. The van der Waals surface area contributed by atoms with E-state index in [1.165, 1.54) is 19.3 Å². The van der Waals surface area contributed by atoms with Crippen molar-refractivity contribution in [1.82, 2.24) is 5.32 Å². The van der Waals surface area contributed by atoms with Crippen LogP contribution in [-0.4, -0.2) is 18.0 Å². The van der Waals surface area contributed by atoms with Gasteiger partial charge in [-0.15, -0.1) is 0 Å². The van der Waals surface area contributed by atoms with E-state index in [1.54, 1.807) is 6.92 Å². The smallest absolute Gasteiger partial charge is 0.236 e. The lowest BCUT2D eigenvalue weighted by atomic mass is 9.69. The summed E-state index contributed by atoms with van der Waals surface area (Å²) in [5.74, 6) is 0.791. The molecule has 17 heavy (non-hydrogen) atoms. The molecule has 1 saturated carbocycles. The topological polar surface area (TPSA) is 55.1 Å². The van der Waals surface area contributed by atoms with Crippen LogP contribution in [0.1, 0.15) is 59.8 Å². The molecule has 0 aromatic heterocycles. The van der Waals surface area contributed by atoms with Crippen LogP contribution in [0.25, 0.3) is 0 Å². The zero-order valence-electron chi connectivity index (χ0n) is 11.8. The molecule has 0 aromatic carbocycles. The highest BCUT2D eigenvalue weighted by Gasteiger charge is 2.32. The monoisotopic (exact) mass is 240 g/mol. The fraction of sp³-hybridized carbons (Fsp3) is 0.929. The molecule has 1 fully saturated rings. The molecule has 0 spiro atoms. The lowest BCUT2D eigenvalue weighted by molar-refractivity contribution is -0.123. The first-order valence-corrected chi connectivity index (χ1v) is 6.92. The third-order valence-corrected chi connectivity index (χ3v) is 4.50. The Bertz CT molecular complexity index is 253. The minimum atomic E-state index is -0.389. The van der Waals surface area contributed by atoms with E-state index in [1.807, 2.05) is 0 Å². The quantitative estimate of drug-likeness (QED) is 0.793. The molecular weight excluding hydrogens is 212 g/mol. The third kappa shape index (κ3) is 3.98. The van der Waals surface area contributed by atoms with Crippen LogP contribution < -0.4 is 11.1 Å². The molecule has 0 saturated heterocycles. The predicted octanol–water partition coefficient (Wildman–Crippen LogP) is 2.44. The number of carbonyl (C=O) groups excluding carboxylic acids is 1. The molecule has 1 aliphatic rings. The fourth-order valence-corrected chi connectivity index (χ4v) is 2.64. The van der Waals surface area contributed by atoms with Crippen LogP contribution in [0, 0.1) is 11.3 Å². The zero-order valence-corrected chi connectivity index (χ0v) is 11.8. The van der Waals surface area contributed by atoms with Gasteiger partial charge in [0.05, 0.1) is 6.04 Å². The number of amides is 1. The molecule has 0 aromatic rings. The van der Waals surface area contributed by atoms with E-state index < -0.39 is 0 Å². The van der Waals surface area contributed by atoms with Gasteiger partial charge in [-0.2, -0.15) is 0 Å². The van der Waals surface area contributed by atoms with Gasteiger partial charge in [0.1, 0.15) is 0 Å². The van der Waals surface area contributed by atoms with E-state index in [2.05, 4.69) is 26.1 Å².